The molecule has 0 spiro atoms. The summed E-state index contributed by atoms with van der Waals surface area (Å²) in [6.07, 6.45) is 4.08. The van der Waals surface area contributed by atoms with Crippen LogP contribution in [-0.4, -0.2) is 75.5 Å². The van der Waals surface area contributed by atoms with E-state index < -0.39 is 18.4 Å². The SMILES string of the molecule is CN(C)/C=N/c1nc2c3c(cn([C@H]4C[C@H](O)[C@@H](CO)O4)c3n1)CCCO2. The van der Waals surface area contributed by atoms with Crippen molar-refractivity contribution in [2.45, 2.75) is 37.7 Å². The molecule has 4 rings (SSSR count). The van der Waals surface area contributed by atoms with Crippen LogP contribution in [0, 0.1) is 0 Å². The van der Waals surface area contributed by atoms with E-state index >= 15 is 0 Å². The summed E-state index contributed by atoms with van der Waals surface area (Å²) in [5.41, 5.74) is 1.77. The molecule has 2 aliphatic rings. The minimum atomic E-state index is -0.706. The van der Waals surface area contributed by atoms with E-state index in [0.717, 1.165) is 23.8 Å². The van der Waals surface area contributed by atoms with Gasteiger partial charge in [-0.25, -0.2) is 4.99 Å². The second-order valence-corrected chi connectivity index (χ2v) is 6.86. The molecule has 9 heteroatoms. The van der Waals surface area contributed by atoms with Gasteiger partial charge in [0.25, 0.3) is 5.95 Å². The maximum atomic E-state index is 10.1. The van der Waals surface area contributed by atoms with Crippen LogP contribution in [0.1, 0.15) is 24.6 Å². The van der Waals surface area contributed by atoms with E-state index in [0.29, 0.717) is 30.5 Å². The average molecular weight is 361 g/mol. The van der Waals surface area contributed by atoms with Crippen molar-refractivity contribution in [1.82, 2.24) is 19.4 Å². The number of aliphatic imine (C=N–C) groups is 1. The summed E-state index contributed by atoms with van der Waals surface area (Å²) in [5, 5.41) is 20.3. The number of aryl methyl sites for hydroxylation is 1. The zero-order valence-electron chi connectivity index (χ0n) is 14.9. The molecule has 3 atom stereocenters. The molecular formula is C17H23N5O4. The molecule has 0 saturated carbocycles. The Balaban J connectivity index is 1.82. The van der Waals surface area contributed by atoms with Crippen molar-refractivity contribution in [3.05, 3.63) is 11.8 Å². The van der Waals surface area contributed by atoms with Gasteiger partial charge in [-0.2, -0.15) is 9.97 Å². The van der Waals surface area contributed by atoms with Crippen LogP contribution in [0.25, 0.3) is 11.0 Å². The van der Waals surface area contributed by atoms with E-state index in [4.69, 9.17) is 9.47 Å². The molecule has 0 aromatic carbocycles. The Labute approximate surface area is 150 Å². The Hall–Kier alpha value is -2.23. The summed E-state index contributed by atoms with van der Waals surface area (Å²) in [4.78, 5) is 15.1. The number of hydrogen-bond donors (Lipinski definition) is 2. The van der Waals surface area contributed by atoms with Gasteiger partial charge in [0.2, 0.25) is 5.88 Å². The molecule has 0 unspecified atom stereocenters. The van der Waals surface area contributed by atoms with Crippen molar-refractivity contribution in [2.75, 3.05) is 27.3 Å². The van der Waals surface area contributed by atoms with Gasteiger partial charge in [-0.15, -0.1) is 0 Å². The summed E-state index contributed by atoms with van der Waals surface area (Å²) < 4.78 is 13.5. The molecule has 2 aliphatic heterocycles. The highest BCUT2D eigenvalue weighted by molar-refractivity contribution is 5.87. The number of aliphatic hydroxyl groups is 2. The Morgan fingerprint density at radius 2 is 2.27 bits per heavy atom. The Bertz CT molecular complexity index is 834. The number of aliphatic hydroxyl groups excluding tert-OH is 2. The summed E-state index contributed by atoms with van der Waals surface area (Å²) in [6, 6.07) is 0. The van der Waals surface area contributed by atoms with E-state index in [1.807, 2.05) is 24.9 Å². The van der Waals surface area contributed by atoms with Gasteiger partial charge in [-0.3, -0.25) is 0 Å². The second-order valence-electron chi connectivity index (χ2n) is 6.86. The van der Waals surface area contributed by atoms with E-state index in [9.17, 15) is 10.2 Å². The first kappa shape index (κ1) is 17.2. The van der Waals surface area contributed by atoms with Crippen LogP contribution in [-0.2, 0) is 11.2 Å². The lowest BCUT2D eigenvalue weighted by molar-refractivity contribution is -0.0430. The first-order valence-corrected chi connectivity index (χ1v) is 8.76. The number of rotatable bonds is 4. The summed E-state index contributed by atoms with van der Waals surface area (Å²) in [6.45, 7) is 0.383. The number of ether oxygens (including phenoxy) is 2. The lowest BCUT2D eigenvalue weighted by atomic mass is 10.1. The van der Waals surface area contributed by atoms with Crippen molar-refractivity contribution in [3.63, 3.8) is 0 Å². The molecule has 1 fully saturated rings. The van der Waals surface area contributed by atoms with E-state index in [-0.39, 0.29) is 6.61 Å². The molecule has 4 heterocycles. The van der Waals surface area contributed by atoms with Crippen molar-refractivity contribution in [2.24, 2.45) is 4.99 Å². The molecule has 26 heavy (non-hydrogen) atoms. The molecule has 2 aromatic rings. The van der Waals surface area contributed by atoms with Gasteiger partial charge in [-0.05, 0) is 18.4 Å². The predicted molar refractivity (Wildman–Crippen MR) is 94.8 cm³/mol. The number of hydrogen-bond acceptors (Lipinski definition) is 7. The largest absolute Gasteiger partial charge is 0.477 e. The number of aromatic nitrogens is 3. The average Bonchev–Trinajstić information content (AvgIpc) is 3.09. The molecule has 2 aromatic heterocycles. The molecule has 0 bridgehead atoms. The lowest BCUT2D eigenvalue weighted by Gasteiger charge is -2.15. The highest BCUT2D eigenvalue weighted by Gasteiger charge is 2.36. The van der Waals surface area contributed by atoms with Crippen LogP contribution >= 0.6 is 0 Å². The van der Waals surface area contributed by atoms with Crippen molar-refractivity contribution >= 4 is 23.3 Å². The molecule has 140 valence electrons. The Kier molecular flexibility index (Phi) is 4.51. The third-order valence-corrected chi connectivity index (χ3v) is 4.63. The third-order valence-electron chi connectivity index (χ3n) is 4.63. The van der Waals surface area contributed by atoms with Crippen LogP contribution in [0.5, 0.6) is 5.88 Å². The van der Waals surface area contributed by atoms with Crippen LogP contribution in [0.15, 0.2) is 11.2 Å². The summed E-state index contributed by atoms with van der Waals surface area (Å²) >= 11 is 0. The van der Waals surface area contributed by atoms with Crippen molar-refractivity contribution in [1.29, 1.82) is 0 Å². The molecule has 2 N–H and O–H groups in total. The van der Waals surface area contributed by atoms with E-state index in [1.165, 1.54) is 0 Å². The predicted octanol–water partition coefficient (Wildman–Crippen LogP) is 0.618. The van der Waals surface area contributed by atoms with Gasteiger partial charge in [0, 0.05) is 26.7 Å². The minimum Gasteiger partial charge on any atom is -0.477 e. The van der Waals surface area contributed by atoms with Crippen LogP contribution in [0.3, 0.4) is 0 Å². The van der Waals surface area contributed by atoms with Crippen LogP contribution < -0.4 is 4.74 Å². The molecule has 0 radical (unpaired) electrons. The van der Waals surface area contributed by atoms with Gasteiger partial charge in [-0.1, -0.05) is 0 Å². The maximum Gasteiger partial charge on any atom is 0.256 e. The van der Waals surface area contributed by atoms with Crippen LogP contribution in [0.4, 0.5) is 5.95 Å². The second kappa shape index (κ2) is 6.82. The molecule has 0 aliphatic carbocycles. The molecule has 0 amide bonds. The smallest absolute Gasteiger partial charge is 0.256 e. The van der Waals surface area contributed by atoms with E-state index in [2.05, 4.69) is 15.0 Å². The fraction of sp³-hybridized carbons (Fsp3) is 0.588. The normalized spacial score (nSPS) is 25.6. The quantitative estimate of drug-likeness (QED) is 0.607. The van der Waals surface area contributed by atoms with Crippen molar-refractivity contribution in [3.8, 4) is 5.88 Å². The van der Waals surface area contributed by atoms with Gasteiger partial charge >= 0.3 is 0 Å². The maximum absolute atomic E-state index is 10.1. The zero-order chi connectivity index (χ0) is 18.3. The lowest BCUT2D eigenvalue weighted by Crippen LogP contribution is -2.24. The highest BCUT2D eigenvalue weighted by Crippen LogP contribution is 2.38. The standard InChI is InChI=1S/C17H23N5O4/c1-21(2)9-18-17-19-15-14-10(4-3-5-25-16(14)20-17)7-22(15)13-6-11(24)12(8-23)26-13/h7,9,11-13,23-24H,3-6,8H2,1-2H3/b18-9+/t11-,12+,13+/m0/s1. The van der Waals surface area contributed by atoms with Gasteiger partial charge < -0.3 is 29.2 Å². The zero-order valence-corrected chi connectivity index (χ0v) is 14.9. The van der Waals surface area contributed by atoms with Gasteiger partial charge in [0.1, 0.15) is 12.3 Å². The first-order valence-electron chi connectivity index (χ1n) is 8.76. The van der Waals surface area contributed by atoms with Crippen LogP contribution in [0.2, 0.25) is 0 Å². The molecule has 1 saturated heterocycles. The fourth-order valence-corrected chi connectivity index (χ4v) is 3.40. The summed E-state index contributed by atoms with van der Waals surface area (Å²) in [7, 11) is 3.74. The third kappa shape index (κ3) is 3.02. The Morgan fingerprint density at radius 3 is 3.00 bits per heavy atom. The summed E-state index contributed by atoms with van der Waals surface area (Å²) in [5.74, 6) is 0.843. The number of nitrogens with zero attached hydrogens (tertiary/aromatic N) is 5. The van der Waals surface area contributed by atoms with Gasteiger partial charge in [0.05, 0.1) is 31.0 Å². The van der Waals surface area contributed by atoms with Crippen molar-refractivity contribution < 1.29 is 19.7 Å². The fourth-order valence-electron chi connectivity index (χ4n) is 3.40. The molecule has 9 nitrogen and oxygen atoms in total. The topological polar surface area (TPSA) is 105 Å². The minimum absolute atomic E-state index is 0.217. The molecular weight excluding hydrogens is 338 g/mol. The van der Waals surface area contributed by atoms with E-state index in [1.54, 1.807) is 11.2 Å². The first-order chi connectivity index (χ1) is 12.6. The highest BCUT2D eigenvalue weighted by atomic mass is 16.5. The monoisotopic (exact) mass is 361 g/mol. The van der Waals surface area contributed by atoms with Gasteiger partial charge in [0.15, 0.2) is 5.65 Å². The Morgan fingerprint density at radius 1 is 1.42 bits per heavy atom.